The molecule has 1 heterocycles. The number of aliphatic hydroxyl groups is 1. The molecule has 65 valence electrons. The third-order valence-corrected chi connectivity index (χ3v) is 2.02. The fourth-order valence-corrected chi connectivity index (χ4v) is 1.37. The van der Waals surface area contributed by atoms with Crippen LogP contribution in [0.15, 0.2) is 24.3 Å². The van der Waals surface area contributed by atoms with E-state index < -0.39 is 18.5 Å². The van der Waals surface area contributed by atoms with Crippen LogP contribution in [0, 0.1) is 0 Å². The van der Waals surface area contributed by atoms with Crippen molar-refractivity contribution in [1.29, 1.82) is 0 Å². The second kappa shape index (κ2) is 2.76. The second-order valence-electron chi connectivity index (χ2n) is 2.73. The van der Waals surface area contributed by atoms with Crippen LogP contribution in [-0.2, 0) is 0 Å². The van der Waals surface area contributed by atoms with E-state index in [-0.39, 0.29) is 0 Å². The van der Waals surface area contributed by atoms with E-state index in [1.165, 1.54) is 0 Å². The Bertz CT molecular complexity index is 351. The molecule has 4 nitrogen and oxygen atoms in total. The van der Waals surface area contributed by atoms with Crippen LogP contribution in [0.3, 0.4) is 0 Å². The van der Waals surface area contributed by atoms with Gasteiger partial charge in [-0.25, -0.2) is 9.59 Å². The van der Waals surface area contributed by atoms with Crippen molar-refractivity contribution in [2.75, 3.05) is 6.73 Å². The number of hydrogen-bond acceptors (Lipinski definition) is 3. The molecule has 4 heteroatoms. The SMILES string of the molecule is O=C1c2ccccc2C(=O)[N+]1CO. The standard InChI is InChI=1S/C9H7NO3/c11-5-10-8(12)6-3-1-2-4-7(6)9(10)13/h1-4,11H,5H2/q+1. The molecule has 1 aromatic carbocycles. The van der Waals surface area contributed by atoms with Crippen molar-refractivity contribution in [2.24, 2.45) is 0 Å². The number of aliphatic hydroxyl groups excluding tert-OH is 1. The van der Waals surface area contributed by atoms with Crippen molar-refractivity contribution in [1.82, 2.24) is 4.90 Å². The molecule has 0 saturated heterocycles. The molecule has 1 radical (unpaired) electrons. The van der Waals surface area contributed by atoms with Gasteiger partial charge in [0.15, 0.2) is 0 Å². The predicted octanol–water partition coefficient (Wildman–Crippen LogP) is 0.0705. The third-order valence-electron chi connectivity index (χ3n) is 2.02. The second-order valence-corrected chi connectivity index (χ2v) is 2.73. The molecule has 0 atom stereocenters. The molecule has 1 aromatic rings. The van der Waals surface area contributed by atoms with Gasteiger partial charge in [0.2, 0.25) is 6.73 Å². The molecule has 13 heavy (non-hydrogen) atoms. The molecule has 2 rings (SSSR count). The van der Waals surface area contributed by atoms with E-state index >= 15 is 0 Å². The van der Waals surface area contributed by atoms with Gasteiger partial charge in [0.25, 0.3) is 0 Å². The Balaban J connectivity index is 2.57. The average molecular weight is 177 g/mol. The van der Waals surface area contributed by atoms with Crippen LogP contribution in [0.4, 0.5) is 0 Å². The number of hydrogen-bond donors (Lipinski definition) is 1. The zero-order valence-corrected chi connectivity index (χ0v) is 6.73. The highest BCUT2D eigenvalue weighted by Gasteiger charge is 2.46. The van der Waals surface area contributed by atoms with Crippen LogP contribution in [0.1, 0.15) is 20.7 Å². The van der Waals surface area contributed by atoms with Gasteiger partial charge >= 0.3 is 11.8 Å². The van der Waals surface area contributed by atoms with E-state index in [1.807, 2.05) is 0 Å². The zero-order valence-electron chi connectivity index (χ0n) is 6.73. The van der Waals surface area contributed by atoms with E-state index in [0.29, 0.717) is 11.1 Å². The number of imide groups is 1. The topological polar surface area (TPSA) is 60.3 Å². The summed E-state index contributed by atoms with van der Waals surface area (Å²) in [6.45, 7) is -0.563. The minimum absolute atomic E-state index is 0.363. The molecule has 0 fully saturated rings. The van der Waals surface area contributed by atoms with Crippen LogP contribution >= 0.6 is 0 Å². The molecule has 2 amide bonds. The first-order valence-electron chi connectivity index (χ1n) is 3.82. The van der Waals surface area contributed by atoms with Crippen LogP contribution in [-0.4, -0.2) is 23.7 Å². The summed E-state index contributed by atoms with van der Waals surface area (Å²) in [6.07, 6.45) is 0. The van der Waals surface area contributed by atoms with Crippen LogP contribution in [0.25, 0.3) is 0 Å². The van der Waals surface area contributed by atoms with E-state index in [4.69, 9.17) is 5.11 Å². The smallest absolute Gasteiger partial charge is 0.343 e. The summed E-state index contributed by atoms with van der Waals surface area (Å²) in [7, 11) is 0. The van der Waals surface area contributed by atoms with E-state index in [1.54, 1.807) is 24.3 Å². The van der Waals surface area contributed by atoms with Crippen molar-refractivity contribution in [2.45, 2.75) is 0 Å². The maximum absolute atomic E-state index is 11.4. The molecular weight excluding hydrogens is 170 g/mol. The Labute approximate surface area is 74.4 Å². The van der Waals surface area contributed by atoms with Gasteiger partial charge in [-0.2, -0.15) is 0 Å². The van der Waals surface area contributed by atoms with Gasteiger partial charge in [0, 0.05) is 4.90 Å². The summed E-state index contributed by atoms with van der Waals surface area (Å²) >= 11 is 0. The zero-order chi connectivity index (χ0) is 9.42. The minimum Gasteiger partial charge on any atom is -0.343 e. The summed E-state index contributed by atoms with van der Waals surface area (Å²) in [5.74, 6) is -0.855. The van der Waals surface area contributed by atoms with Crippen molar-refractivity contribution < 1.29 is 14.7 Å². The number of benzene rings is 1. The number of fused-ring (bicyclic) bond motifs is 1. The molecule has 1 N–H and O–H groups in total. The van der Waals surface area contributed by atoms with Gasteiger partial charge in [-0.1, -0.05) is 12.1 Å². The highest BCUT2D eigenvalue weighted by molar-refractivity contribution is 6.23. The maximum atomic E-state index is 11.4. The molecule has 0 saturated carbocycles. The monoisotopic (exact) mass is 177 g/mol. The first-order valence-corrected chi connectivity index (χ1v) is 3.82. The van der Waals surface area contributed by atoms with E-state index in [0.717, 1.165) is 4.90 Å². The van der Waals surface area contributed by atoms with Gasteiger partial charge in [-0.3, -0.25) is 0 Å². The van der Waals surface area contributed by atoms with Crippen molar-refractivity contribution in [3.8, 4) is 0 Å². The highest BCUT2D eigenvalue weighted by atomic mass is 16.3. The molecular formula is C9H7NO3+. The molecule has 0 bridgehead atoms. The normalized spacial score (nSPS) is 16.4. The average Bonchev–Trinajstić information content (AvgIpc) is 2.41. The number of carbonyl (C=O) groups excluding carboxylic acids is 2. The van der Waals surface area contributed by atoms with Gasteiger partial charge in [-0.05, 0) is 12.1 Å². The quantitative estimate of drug-likeness (QED) is 0.487. The number of rotatable bonds is 1. The Hall–Kier alpha value is -1.52. The Morgan fingerprint density at radius 3 is 1.92 bits per heavy atom. The minimum atomic E-state index is -0.563. The van der Waals surface area contributed by atoms with Crippen molar-refractivity contribution >= 4 is 11.8 Å². The first kappa shape index (κ1) is 8.10. The molecule has 0 spiro atoms. The molecule has 0 aliphatic carbocycles. The molecule has 1 aliphatic rings. The fraction of sp³-hybridized carbons (Fsp3) is 0.111. The van der Waals surface area contributed by atoms with Crippen LogP contribution < -0.4 is 4.90 Å². The summed E-state index contributed by atoms with van der Waals surface area (Å²) in [6, 6.07) is 6.52. The highest BCUT2D eigenvalue weighted by Crippen LogP contribution is 2.19. The first-order chi connectivity index (χ1) is 6.25. The fourth-order valence-electron chi connectivity index (χ4n) is 1.37. The van der Waals surface area contributed by atoms with Gasteiger partial charge in [0.05, 0.1) is 0 Å². The molecule has 0 unspecified atom stereocenters. The lowest BCUT2D eigenvalue weighted by Gasteiger charge is -1.91. The lowest BCUT2D eigenvalue weighted by atomic mass is 10.1. The maximum Gasteiger partial charge on any atom is 0.404 e. The largest absolute Gasteiger partial charge is 0.404 e. The summed E-state index contributed by atoms with van der Waals surface area (Å²) < 4.78 is 0. The van der Waals surface area contributed by atoms with Gasteiger partial charge in [0.1, 0.15) is 11.1 Å². The number of nitrogens with zero attached hydrogens (tertiary/aromatic N) is 1. The lowest BCUT2D eigenvalue weighted by molar-refractivity contribution is 0.0667. The Morgan fingerprint density at radius 1 is 1.08 bits per heavy atom. The summed E-state index contributed by atoms with van der Waals surface area (Å²) in [4.78, 5) is 23.6. The Kier molecular flexibility index (Phi) is 1.72. The van der Waals surface area contributed by atoms with E-state index in [9.17, 15) is 9.59 Å². The summed E-state index contributed by atoms with van der Waals surface area (Å²) in [5, 5.41) is 8.76. The third kappa shape index (κ3) is 0.998. The molecule has 1 aliphatic heterocycles. The lowest BCUT2D eigenvalue weighted by Crippen LogP contribution is -2.36. The summed E-state index contributed by atoms with van der Waals surface area (Å²) in [5.41, 5.74) is 0.725. The van der Waals surface area contributed by atoms with Gasteiger partial charge in [-0.15, -0.1) is 0 Å². The predicted molar refractivity (Wildman–Crippen MR) is 44.3 cm³/mol. The number of amides is 2. The van der Waals surface area contributed by atoms with E-state index in [2.05, 4.69) is 0 Å². The van der Waals surface area contributed by atoms with Gasteiger partial charge < -0.3 is 5.11 Å². The molecule has 0 aromatic heterocycles. The number of carbonyl (C=O) groups is 2. The van der Waals surface area contributed by atoms with Crippen molar-refractivity contribution in [3.05, 3.63) is 35.4 Å². The van der Waals surface area contributed by atoms with Crippen molar-refractivity contribution in [3.63, 3.8) is 0 Å². The van der Waals surface area contributed by atoms with Crippen LogP contribution in [0.5, 0.6) is 0 Å². The van der Waals surface area contributed by atoms with Crippen LogP contribution in [0.2, 0.25) is 0 Å². The Morgan fingerprint density at radius 2 is 1.54 bits per heavy atom.